The minimum atomic E-state index is -2.73. The molecular formula is C7H17NO2S. The van der Waals surface area contributed by atoms with Gasteiger partial charge in [0.25, 0.3) is 0 Å². The third-order valence-electron chi connectivity index (χ3n) is 1.57. The SMILES string of the molecule is CCS(=O)(=O)CCCCNC. The van der Waals surface area contributed by atoms with Crippen molar-refractivity contribution < 1.29 is 8.42 Å². The van der Waals surface area contributed by atoms with Gasteiger partial charge in [-0.05, 0) is 26.4 Å². The van der Waals surface area contributed by atoms with Crippen LogP contribution >= 0.6 is 0 Å². The first-order valence-electron chi connectivity index (χ1n) is 3.97. The predicted octanol–water partition coefficient (Wildman–Crippen LogP) is 0.421. The van der Waals surface area contributed by atoms with Gasteiger partial charge in [-0.25, -0.2) is 8.42 Å². The van der Waals surface area contributed by atoms with Crippen LogP contribution in [0.2, 0.25) is 0 Å². The van der Waals surface area contributed by atoms with Crippen LogP contribution in [-0.2, 0) is 9.84 Å². The van der Waals surface area contributed by atoms with Crippen LogP contribution in [0.5, 0.6) is 0 Å². The van der Waals surface area contributed by atoms with Crippen LogP contribution in [0.25, 0.3) is 0 Å². The summed E-state index contributed by atoms with van der Waals surface area (Å²) in [5, 5.41) is 2.98. The molecule has 0 amide bonds. The van der Waals surface area contributed by atoms with E-state index in [0.29, 0.717) is 5.75 Å². The molecule has 0 bridgehead atoms. The maximum atomic E-state index is 10.9. The molecule has 0 fully saturated rings. The second-order valence-corrected chi connectivity index (χ2v) is 5.02. The lowest BCUT2D eigenvalue weighted by molar-refractivity contribution is 0.591. The van der Waals surface area contributed by atoms with Crippen LogP contribution in [0.15, 0.2) is 0 Å². The quantitative estimate of drug-likeness (QED) is 0.601. The largest absolute Gasteiger partial charge is 0.320 e. The van der Waals surface area contributed by atoms with Gasteiger partial charge in [-0.2, -0.15) is 0 Å². The van der Waals surface area contributed by atoms with E-state index < -0.39 is 9.84 Å². The van der Waals surface area contributed by atoms with Crippen LogP contribution in [-0.4, -0.2) is 33.5 Å². The average Bonchev–Trinajstić information content (AvgIpc) is 1.99. The highest BCUT2D eigenvalue weighted by Gasteiger charge is 2.05. The Hall–Kier alpha value is -0.0900. The normalized spacial score (nSPS) is 11.8. The van der Waals surface area contributed by atoms with Gasteiger partial charge in [-0.15, -0.1) is 0 Å². The van der Waals surface area contributed by atoms with Crippen molar-refractivity contribution in [1.29, 1.82) is 0 Å². The van der Waals surface area contributed by atoms with Crippen molar-refractivity contribution in [2.45, 2.75) is 19.8 Å². The van der Waals surface area contributed by atoms with E-state index in [-0.39, 0.29) is 5.75 Å². The van der Waals surface area contributed by atoms with E-state index in [0.717, 1.165) is 19.4 Å². The highest BCUT2D eigenvalue weighted by Crippen LogP contribution is 1.95. The minimum absolute atomic E-state index is 0.270. The molecule has 0 saturated carbocycles. The Kier molecular flexibility index (Phi) is 5.50. The number of unbranched alkanes of at least 4 members (excludes halogenated alkanes) is 1. The summed E-state index contributed by atoms with van der Waals surface area (Å²) in [4.78, 5) is 0. The van der Waals surface area contributed by atoms with Crippen LogP contribution in [0.4, 0.5) is 0 Å². The van der Waals surface area contributed by atoms with E-state index in [1.54, 1.807) is 6.92 Å². The van der Waals surface area contributed by atoms with Gasteiger partial charge in [0.2, 0.25) is 0 Å². The van der Waals surface area contributed by atoms with Crippen LogP contribution in [0, 0.1) is 0 Å². The van der Waals surface area contributed by atoms with Crippen molar-refractivity contribution in [3.63, 3.8) is 0 Å². The van der Waals surface area contributed by atoms with Gasteiger partial charge in [0.1, 0.15) is 9.84 Å². The zero-order valence-electron chi connectivity index (χ0n) is 7.26. The molecule has 68 valence electrons. The third-order valence-corrected chi connectivity index (χ3v) is 3.36. The van der Waals surface area contributed by atoms with Gasteiger partial charge in [-0.3, -0.25) is 0 Å². The molecule has 0 radical (unpaired) electrons. The van der Waals surface area contributed by atoms with Gasteiger partial charge < -0.3 is 5.32 Å². The summed E-state index contributed by atoms with van der Waals surface area (Å²) < 4.78 is 21.9. The molecule has 0 atom stereocenters. The molecule has 0 aliphatic carbocycles. The fraction of sp³-hybridized carbons (Fsp3) is 1.00. The first-order chi connectivity index (χ1) is 5.12. The molecule has 0 aromatic rings. The average molecular weight is 179 g/mol. The smallest absolute Gasteiger partial charge is 0.150 e. The number of hydrogen-bond acceptors (Lipinski definition) is 3. The molecule has 0 heterocycles. The molecule has 3 nitrogen and oxygen atoms in total. The summed E-state index contributed by atoms with van der Waals surface area (Å²) in [7, 11) is -0.858. The Morgan fingerprint density at radius 3 is 2.36 bits per heavy atom. The molecule has 1 N–H and O–H groups in total. The first kappa shape index (κ1) is 10.9. The van der Waals surface area contributed by atoms with Crippen molar-refractivity contribution in [3.8, 4) is 0 Å². The topological polar surface area (TPSA) is 46.2 Å². The van der Waals surface area contributed by atoms with Gasteiger partial charge in [0.15, 0.2) is 0 Å². The standard InChI is InChI=1S/C7H17NO2S/c1-3-11(9,10)7-5-4-6-8-2/h8H,3-7H2,1-2H3. The van der Waals surface area contributed by atoms with Gasteiger partial charge in [-0.1, -0.05) is 6.92 Å². The monoisotopic (exact) mass is 179 g/mol. The summed E-state index contributed by atoms with van der Waals surface area (Å²) in [6.45, 7) is 2.59. The molecule has 0 aliphatic heterocycles. The fourth-order valence-electron chi connectivity index (χ4n) is 0.768. The van der Waals surface area contributed by atoms with Gasteiger partial charge >= 0.3 is 0 Å². The van der Waals surface area contributed by atoms with Gasteiger partial charge in [0.05, 0.1) is 5.75 Å². The van der Waals surface area contributed by atoms with Crippen LogP contribution in [0.3, 0.4) is 0 Å². The predicted molar refractivity (Wildman–Crippen MR) is 47.5 cm³/mol. The van der Waals surface area contributed by atoms with Crippen molar-refractivity contribution in [2.24, 2.45) is 0 Å². The van der Waals surface area contributed by atoms with Crippen molar-refractivity contribution >= 4 is 9.84 Å². The van der Waals surface area contributed by atoms with Gasteiger partial charge in [0, 0.05) is 5.75 Å². The molecule has 0 saturated heterocycles. The zero-order valence-corrected chi connectivity index (χ0v) is 8.08. The Morgan fingerprint density at radius 1 is 1.27 bits per heavy atom. The van der Waals surface area contributed by atoms with E-state index in [9.17, 15) is 8.42 Å². The maximum absolute atomic E-state index is 10.9. The lowest BCUT2D eigenvalue weighted by Gasteiger charge is -2.00. The third kappa shape index (κ3) is 6.31. The lowest BCUT2D eigenvalue weighted by Crippen LogP contribution is -2.12. The summed E-state index contributed by atoms with van der Waals surface area (Å²) in [6, 6.07) is 0. The number of nitrogens with one attached hydrogen (secondary N) is 1. The summed E-state index contributed by atoms with van der Waals surface area (Å²) in [5.74, 6) is 0.609. The Morgan fingerprint density at radius 2 is 1.91 bits per heavy atom. The van der Waals surface area contributed by atoms with Crippen molar-refractivity contribution in [2.75, 3.05) is 25.1 Å². The van der Waals surface area contributed by atoms with Crippen molar-refractivity contribution in [3.05, 3.63) is 0 Å². The van der Waals surface area contributed by atoms with E-state index in [2.05, 4.69) is 5.32 Å². The molecule has 4 heteroatoms. The number of sulfone groups is 1. The minimum Gasteiger partial charge on any atom is -0.320 e. The molecule has 11 heavy (non-hydrogen) atoms. The number of rotatable bonds is 6. The Labute approximate surface area is 69.1 Å². The molecule has 0 aromatic carbocycles. The van der Waals surface area contributed by atoms with E-state index in [1.807, 2.05) is 7.05 Å². The van der Waals surface area contributed by atoms with Crippen LogP contribution in [0.1, 0.15) is 19.8 Å². The van der Waals surface area contributed by atoms with E-state index in [4.69, 9.17) is 0 Å². The second kappa shape index (κ2) is 5.55. The molecule has 0 aromatic heterocycles. The second-order valence-electron chi connectivity index (χ2n) is 2.55. The lowest BCUT2D eigenvalue weighted by atomic mass is 10.3. The maximum Gasteiger partial charge on any atom is 0.150 e. The fourth-order valence-corrected chi connectivity index (χ4v) is 1.70. The first-order valence-corrected chi connectivity index (χ1v) is 5.79. The van der Waals surface area contributed by atoms with E-state index in [1.165, 1.54) is 0 Å². The summed E-state index contributed by atoms with van der Waals surface area (Å²) >= 11 is 0. The van der Waals surface area contributed by atoms with Crippen molar-refractivity contribution in [1.82, 2.24) is 5.32 Å². The van der Waals surface area contributed by atoms with E-state index >= 15 is 0 Å². The molecule has 0 aliphatic rings. The Balaban J connectivity index is 3.39. The summed E-state index contributed by atoms with van der Waals surface area (Å²) in [5.41, 5.74) is 0. The highest BCUT2D eigenvalue weighted by atomic mass is 32.2. The Bertz CT molecular complexity index is 175. The number of hydrogen-bond donors (Lipinski definition) is 1. The molecule has 0 spiro atoms. The van der Waals surface area contributed by atoms with Crippen LogP contribution < -0.4 is 5.32 Å². The molecule has 0 rings (SSSR count). The molecular weight excluding hydrogens is 162 g/mol. The molecule has 0 unspecified atom stereocenters. The zero-order chi connectivity index (χ0) is 8.74. The summed E-state index contributed by atoms with van der Waals surface area (Å²) in [6.07, 6.45) is 1.72. The highest BCUT2D eigenvalue weighted by molar-refractivity contribution is 7.91.